The van der Waals surface area contributed by atoms with Gasteiger partial charge in [0.05, 0.1) is 12.2 Å². The first kappa shape index (κ1) is 14.7. The maximum atomic E-state index is 12.1. The number of amides is 1. The first-order valence-corrected chi connectivity index (χ1v) is 6.99. The summed E-state index contributed by atoms with van der Waals surface area (Å²) in [5.74, 6) is -1.39. The highest BCUT2D eigenvalue weighted by Crippen LogP contribution is 2.17. The van der Waals surface area contributed by atoms with E-state index in [1.165, 1.54) is 17.1 Å². The second kappa shape index (κ2) is 6.17. The van der Waals surface area contributed by atoms with Gasteiger partial charge in [-0.1, -0.05) is 0 Å². The Balaban J connectivity index is 1.98. The molecule has 0 bridgehead atoms. The standard InChI is InChI=1S/C12H14BrN3O4/c13-9-5-14-7-16(11(9)18)6-10(17)15-3-1-8(2-4-15)12(19)20/h5,7-8H,1-4,6H2,(H,19,20). The lowest BCUT2D eigenvalue weighted by atomic mass is 9.97. The Bertz CT molecular complexity index is 578. The van der Waals surface area contributed by atoms with Gasteiger partial charge in [-0.2, -0.15) is 0 Å². The highest BCUT2D eigenvalue weighted by Gasteiger charge is 2.27. The average Bonchev–Trinajstić information content (AvgIpc) is 2.44. The van der Waals surface area contributed by atoms with Crippen LogP contribution in [0.25, 0.3) is 0 Å². The van der Waals surface area contributed by atoms with E-state index in [1.807, 2.05) is 0 Å². The molecule has 0 spiro atoms. The molecule has 1 aliphatic heterocycles. The fourth-order valence-corrected chi connectivity index (χ4v) is 2.50. The zero-order valence-corrected chi connectivity index (χ0v) is 12.2. The van der Waals surface area contributed by atoms with E-state index in [4.69, 9.17) is 5.11 Å². The van der Waals surface area contributed by atoms with Gasteiger partial charge in [0.15, 0.2) is 0 Å². The van der Waals surface area contributed by atoms with Crippen LogP contribution < -0.4 is 5.56 Å². The monoisotopic (exact) mass is 343 g/mol. The number of nitrogens with zero attached hydrogens (tertiary/aromatic N) is 3. The first-order valence-electron chi connectivity index (χ1n) is 6.19. The number of hydrogen-bond acceptors (Lipinski definition) is 4. The van der Waals surface area contributed by atoms with Crippen molar-refractivity contribution in [1.29, 1.82) is 0 Å². The molecule has 2 heterocycles. The number of carboxylic acid groups (broad SMARTS) is 1. The summed E-state index contributed by atoms with van der Waals surface area (Å²) in [7, 11) is 0. The predicted molar refractivity (Wildman–Crippen MR) is 73.1 cm³/mol. The molecule has 0 radical (unpaired) electrons. The number of carbonyl (C=O) groups is 2. The first-order chi connectivity index (χ1) is 9.49. The van der Waals surface area contributed by atoms with Gasteiger partial charge in [0.1, 0.15) is 11.0 Å². The number of hydrogen-bond donors (Lipinski definition) is 1. The normalized spacial score (nSPS) is 16.1. The van der Waals surface area contributed by atoms with Crippen LogP contribution in [0.1, 0.15) is 12.8 Å². The summed E-state index contributed by atoms with van der Waals surface area (Å²) >= 11 is 3.07. The third kappa shape index (κ3) is 3.24. The van der Waals surface area contributed by atoms with E-state index in [-0.39, 0.29) is 23.9 Å². The summed E-state index contributed by atoms with van der Waals surface area (Å²) in [4.78, 5) is 40.1. The molecule has 0 saturated carbocycles. The van der Waals surface area contributed by atoms with Gasteiger partial charge >= 0.3 is 5.97 Å². The van der Waals surface area contributed by atoms with Crippen LogP contribution in [0.3, 0.4) is 0 Å². The van der Waals surface area contributed by atoms with Crippen LogP contribution in [0, 0.1) is 5.92 Å². The second-order valence-electron chi connectivity index (χ2n) is 4.67. The van der Waals surface area contributed by atoms with E-state index in [0.29, 0.717) is 30.4 Å². The number of carbonyl (C=O) groups excluding carboxylic acids is 1. The minimum Gasteiger partial charge on any atom is -0.481 e. The average molecular weight is 344 g/mol. The molecular weight excluding hydrogens is 330 g/mol. The van der Waals surface area contributed by atoms with E-state index in [0.717, 1.165) is 0 Å². The van der Waals surface area contributed by atoms with E-state index in [2.05, 4.69) is 20.9 Å². The predicted octanol–water partition coefficient (Wildman–Crippen LogP) is 0.329. The van der Waals surface area contributed by atoms with Crippen molar-refractivity contribution in [1.82, 2.24) is 14.5 Å². The Morgan fingerprint density at radius 3 is 2.65 bits per heavy atom. The van der Waals surface area contributed by atoms with Crippen LogP contribution in [0.4, 0.5) is 0 Å². The number of rotatable bonds is 3. The summed E-state index contributed by atoms with van der Waals surface area (Å²) in [5, 5.41) is 8.90. The van der Waals surface area contributed by atoms with Crippen LogP contribution in [-0.4, -0.2) is 44.5 Å². The molecule has 1 aliphatic rings. The number of halogens is 1. The maximum Gasteiger partial charge on any atom is 0.306 e. The van der Waals surface area contributed by atoms with Crippen molar-refractivity contribution in [3.05, 3.63) is 27.4 Å². The molecule has 1 aromatic rings. The van der Waals surface area contributed by atoms with Gasteiger partial charge in [0.2, 0.25) is 5.91 Å². The van der Waals surface area contributed by atoms with E-state index in [9.17, 15) is 14.4 Å². The molecule has 7 nitrogen and oxygen atoms in total. The Kier molecular flexibility index (Phi) is 4.53. The third-order valence-corrected chi connectivity index (χ3v) is 3.91. The SMILES string of the molecule is O=C(O)C1CCN(C(=O)Cn2cncc(Br)c2=O)CC1. The van der Waals surface area contributed by atoms with Crippen molar-refractivity contribution in [2.24, 2.45) is 5.92 Å². The fraction of sp³-hybridized carbons (Fsp3) is 0.500. The summed E-state index contributed by atoms with van der Waals surface area (Å²) in [6.45, 7) is 0.737. The van der Waals surface area contributed by atoms with E-state index >= 15 is 0 Å². The molecule has 2 rings (SSSR count). The van der Waals surface area contributed by atoms with E-state index < -0.39 is 5.97 Å². The molecule has 1 saturated heterocycles. The largest absolute Gasteiger partial charge is 0.481 e. The molecule has 0 atom stereocenters. The Morgan fingerprint density at radius 1 is 1.40 bits per heavy atom. The number of aliphatic carboxylic acids is 1. The van der Waals surface area contributed by atoms with Gasteiger partial charge < -0.3 is 10.0 Å². The highest BCUT2D eigenvalue weighted by molar-refractivity contribution is 9.10. The Labute approximate surface area is 123 Å². The Hall–Kier alpha value is -1.70. The van der Waals surface area contributed by atoms with Crippen molar-refractivity contribution >= 4 is 27.8 Å². The van der Waals surface area contributed by atoms with Crippen molar-refractivity contribution in [3.63, 3.8) is 0 Å². The summed E-state index contributed by atoms with van der Waals surface area (Å²) in [5.41, 5.74) is -0.311. The summed E-state index contributed by atoms with van der Waals surface area (Å²) in [6, 6.07) is 0. The lowest BCUT2D eigenvalue weighted by Crippen LogP contribution is -2.42. The molecule has 8 heteroatoms. The van der Waals surface area contributed by atoms with Crippen LogP contribution in [0.5, 0.6) is 0 Å². The van der Waals surface area contributed by atoms with Crippen molar-refractivity contribution in [2.75, 3.05) is 13.1 Å². The molecule has 1 N–H and O–H groups in total. The van der Waals surface area contributed by atoms with Gasteiger partial charge in [-0.05, 0) is 28.8 Å². The molecule has 108 valence electrons. The van der Waals surface area contributed by atoms with Crippen molar-refractivity contribution in [3.8, 4) is 0 Å². The number of carboxylic acids is 1. The summed E-state index contributed by atoms with van der Waals surface area (Å²) < 4.78 is 1.53. The molecule has 20 heavy (non-hydrogen) atoms. The van der Waals surface area contributed by atoms with Gasteiger partial charge in [0, 0.05) is 19.3 Å². The number of likely N-dealkylation sites (tertiary alicyclic amines) is 1. The molecule has 0 aromatic carbocycles. The van der Waals surface area contributed by atoms with Crippen molar-refractivity contribution in [2.45, 2.75) is 19.4 Å². The maximum absolute atomic E-state index is 12.1. The van der Waals surface area contributed by atoms with E-state index in [1.54, 1.807) is 4.90 Å². The third-order valence-electron chi connectivity index (χ3n) is 3.36. The van der Waals surface area contributed by atoms with Crippen molar-refractivity contribution < 1.29 is 14.7 Å². The lowest BCUT2D eigenvalue weighted by molar-refractivity contribution is -0.145. The molecule has 0 unspecified atom stereocenters. The zero-order valence-electron chi connectivity index (χ0n) is 10.7. The molecule has 0 aliphatic carbocycles. The molecule has 1 amide bonds. The smallest absolute Gasteiger partial charge is 0.306 e. The highest BCUT2D eigenvalue weighted by atomic mass is 79.9. The van der Waals surface area contributed by atoms with Gasteiger partial charge in [-0.3, -0.25) is 19.0 Å². The zero-order chi connectivity index (χ0) is 14.7. The fourth-order valence-electron chi connectivity index (χ4n) is 2.16. The van der Waals surface area contributed by atoms with Gasteiger partial charge in [0.25, 0.3) is 5.56 Å². The summed E-state index contributed by atoms with van der Waals surface area (Å²) in [6.07, 6.45) is 3.59. The van der Waals surface area contributed by atoms with Crippen LogP contribution in [-0.2, 0) is 16.1 Å². The molecule has 1 fully saturated rings. The molecular formula is C12H14BrN3O4. The Morgan fingerprint density at radius 2 is 2.05 bits per heavy atom. The quantitative estimate of drug-likeness (QED) is 0.853. The minimum atomic E-state index is -0.815. The van der Waals surface area contributed by atoms with Gasteiger partial charge in [-0.25, -0.2) is 4.98 Å². The number of aromatic nitrogens is 2. The minimum absolute atomic E-state index is 0.0803. The van der Waals surface area contributed by atoms with Crippen LogP contribution in [0.15, 0.2) is 21.8 Å². The topological polar surface area (TPSA) is 92.5 Å². The second-order valence-corrected chi connectivity index (χ2v) is 5.52. The molecule has 1 aromatic heterocycles. The van der Waals surface area contributed by atoms with Crippen LogP contribution >= 0.6 is 15.9 Å². The van der Waals surface area contributed by atoms with Crippen LogP contribution in [0.2, 0.25) is 0 Å². The number of piperidine rings is 1. The van der Waals surface area contributed by atoms with Gasteiger partial charge in [-0.15, -0.1) is 0 Å². The lowest BCUT2D eigenvalue weighted by Gasteiger charge is -2.30.